The van der Waals surface area contributed by atoms with Crippen molar-refractivity contribution < 1.29 is 9.53 Å². The van der Waals surface area contributed by atoms with Gasteiger partial charge in [0.25, 0.3) is 0 Å². The fourth-order valence-electron chi connectivity index (χ4n) is 2.21. The summed E-state index contributed by atoms with van der Waals surface area (Å²) in [5.41, 5.74) is 0.955. The monoisotopic (exact) mass is 318 g/mol. The Kier molecular flexibility index (Phi) is 7.11. The van der Waals surface area contributed by atoms with Crippen molar-refractivity contribution in [2.24, 2.45) is 0 Å². The molecule has 1 aromatic heterocycles. The van der Waals surface area contributed by atoms with Crippen LogP contribution in [-0.4, -0.2) is 35.0 Å². The summed E-state index contributed by atoms with van der Waals surface area (Å²) < 4.78 is 5.43. The maximum Gasteiger partial charge on any atom is 0.230 e. The van der Waals surface area contributed by atoms with Crippen molar-refractivity contribution in [3.63, 3.8) is 0 Å². The van der Waals surface area contributed by atoms with E-state index >= 15 is 0 Å². The molecule has 1 fully saturated rings. The Morgan fingerprint density at radius 2 is 2.23 bits per heavy atom. The molecule has 0 spiro atoms. The number of carbonyl (C=O) groups excluding carboxylic acids is 1. The summed E-state index contributed by atoms with van der Waals surface area (Å²) in [5.74, 6) is 7.08. The molecule has 1 heterocycles. The molecule has 1 saturated carbocycles. The molecule has 0 aromatic carbocycles. The molecule has 0 aliphatic heterocycles. The lowest BCUT2D eigenvalue weighted by Gasteiger charge is -2.07. The second kappa shape index (κ2) is 9.37. The highest BCUT2D eigenvalue weighted by Crippen LogP contribution is 2.28. The number of thioether (sulfide) groups is 1. The molecule has 1 aliphatic rings. The summed E-state index contributed by atoms with van der Waals surface area (Å²) in [5, 5.41) is 3.49. The van der Waals surface area contributed by atoms with E-state index in [4.69, 9.17) is 4.74 Å². The predicted octanol–water partition coefficient (Wildman–Crippen LogP) is 2.56. The number of amides is 1. The van der Waals surface area contributed by atoms with Gasteiger partial charge in [-0.25, -0.2) is 0 Å². The molecule has 5 heteroatoms. The summed E-state index contributed by atoms with van der Waals surface area (Å²) in [4.78, 5) is 15.8. The van der Waals surface area contributed by atoms with E-state index < -0.39 is 0 Å². The number of nitrogens with zero attached hydrogens (tertiary/aromatic N) is 1. The number of pyridine rings is 1. The van der Waals surface area contributed by atoms with Gasteiger partial charge in [0.2, 0.25) is 5.91 Å². The molecule has 0 radical (unpaired) electrons. The molecule has 0 atom stereocenters. The van der Waals surface area contributed by atoms with Gasteiger partial charge >= 0.3 is 0 Å². The largest absolute Gasteiger partial charge is 0.479 e. The first-order valence-electron chi connectivity index (χ1n) is 7.63. The van der Waals surface area contributed by atoms with Crippen molar-refractivity contribution in [3.8, 4) is 17.6 Å². The molecule has 22 heavy (non-hydrogen) atoms. The Balaban J connectivity index is 1.54. The number of rotatable bonds is 6. The normalized spacial score (nSPS) is 14.2. The van der Waals surface area contributed by atoms with Gasteiger partial charge in [-0.1, -0.05) is 24.7 Å². The third-order valence-corrected chi connectivity index (χ3v) is 4.82. The number of hydrogen-bond donors (Lipinski definition) is 1. The number of aryl methyl sites for hydroxylation is 1. The average Bonchev–Trinajstić information content (AvgIpc) is 3.04. The summed E-state index contributed by atoms with van der Waals surface area (Å²) in [6, 6.07) is 3.76. The summed E-state index contributed by atoms with van der Waals surface area (Å²) in [7, 11) is 0. The van der Waals surface area contributed by atoms with Gasteiger partial charge in [-0.3, -0.25) is 9.78 Å². The quantitative estimate of drug-likeness (QED) is 0.819. The van der Waals surface area contributed by atoms with E-state index in [0.29, 0.717) is 29.9 Å². The minimum atomic E-state index is 0.0647. The van der Waals surface area contributed by atoms with Crippen LogP contribution in [0.15, 0.2) is 18.3 Å². The molecule has 1 aromatic rings. The lowest BCUT2D eigenvalue weighted by atomic mass is 10.4. The first-order valence-corrected chi connectivity index (χ1v) is 8.68. The maximum absolute atomic E-state index is 11.6. The lowest BCUT2D eigenvalue weighted by molar-refractivity contribution is -0.118. The molecule has 0 unspecified atom stereocenters. The molecule has 0 saturated heterocycles. The van der Waals surface area contributed by atoms with Crippen LogP contribution in [0.1, 0.15) is 31.4 Å². The van der Waals surface area contributed by atoms with Crippen LogP contribution in [-0.2, 0) is 4.79 Å². The Hall–Kier alpha value is -1.67. The number of hydrogen-bond acceptors (Lipinski definition) is 4. The van der Waals surface area contributed by atoms with Crippen LogP contribution < -0.4 is 10.1 Å². The van der Waals surface area contributed by atoms with E-state index in [1.807, 2.05) is 19.1 Å². The molecule has 1 N–H and O–H groups in total. The fourth-order valence-corrected chi connectivity index (χ4v) is 3.37. The van der Waals surface area contributed by atoms with Crippen LogP contribution in [0.25, 0.3) is 0 Å². The first-order chi connectivity index (χ1) is 10.7. The van der Waals surface area contributed by atoms with Gasteiger partial charge in [0, 0.05) is 10.9 Å². The highest BCUT2D eigenvalue weighted by molar-refractivity contribution is 8.00. The van der Waals surface area contributed by atoms with Crippen molar-refractivity contribution in [1.29, 1.82) is 0 Å². The maximum atomic E-state index is 11.6. The summed E-state index contributed by atoms with van der Waals surface area (Å²) in [6.07, 6.45) is 6.80. The fraction of sp³-hybridized carbons (Fsp3) is 0.529. The van der Waals surface area contributed by atoms with Crippen LogP contribution in [0, 0.1) is 18.8 Å². The average molecular weight is 318 g/mol. The number of carbonyl (C=O) groups is 1. The van der Waals surface area contributed by atoms with E-state index in [1.165, 1.54) is 25.7 Å². The molecule has 0 bridgehead atoms. The van der Waals surface area contributed by atoms with Crippen molar-refractivity contribution in [2.45, 2.75) is 37.9 Å². The topological polar surface area (TPSA) is 51.2 Å². The van der Waals surface area contributed by atoms with E-state index in [1.54, 1.807) is 18.0 Å². The van der Waals surface area contributed by atoms with Crippen LogP contribution in [0.5, 0.6) is 5.75 Å². The van der Waals surface area contributed by atoms with Gasteiger partial charge < -0.3 is 10.1 Å². The van der Waals surface area contributed by atoms with Gasteiger partial charge in [-0.2, -0.15) is 0 Å². The molecule has 1 amide bonds. The number of nitrogens with one attached hydrogen (secondary N) is 1. The summed E-state index contributed by atoms with van der Waals surface area (Å²) in [6.45, 7) is 2.61. The highest BCUT2D eigenvalue weighted by Gasteiger charge is 2.16. The smallest absolute Gasteiger partial charge is 0.230 e. The third-order valence-electron chi connectivity index (χ3n) is 3.45. The van der Waals surface area contributed by atoms with Crippen LogP contribution in [0.3, 0.4) is 0 Å². The van der Waals surface area contributed by atoms with E-state index in [9.17, 15) is 4.79 Å². The Morgan fingerprint density at radius 1 is 1.41 bits per heavy atom. The third kappa shape index (κ3) is 6.40. The van der Waals surface area contributed by atoms with Crippen molar-refractivity contribution in [3.05, 3.63) is 24.0 Å². The number of ether oxygens (including phenoxy) is 1. The summed E-state index contributed by atoms with van der Waals surface area (Å²) >= 11 is 1.77. The van der Waals surface area contributed by atoms with Crippen molar-refractivity contribution in [1.82, 2.24) is 10.3 Å². The second-order valence-electron chi connectivity index (χ2n) is 5.27. The minimum absolute atomic E-state index is 0.0647. The lowest BCUT2D eigenvalue weighted by Crippen LogP contribution is -2.26. The standard InChI is InChI=1S/C17H22N2O2S/c1-14-8-9-15(12-19-14)21-11-5-4-10-18-17(20)13-22-16-6-2-3-7-16/h8-9,12,16H,2-3,6-7,10-11,13H2,1H3,(H,18,20). The van der Waals surface area contributed by atoms with Gasteiger partial charge in [-0.05, 0) is 31.9 Å². The Morgan fingerprint density at radius 3 is 2.95 bits per heavy atom. The minimum Gasteiger partial charge on any atom is -0.479 e. The molecule has 118 valence electrons. The number of aromatic nitrogens is 1. The van der Waals surface area contributed by atoms with Gasteiger partial charge in [-0.15, -0.1) is 11.8 Å². The molecular formula is C17H22N2O2S. The Bertz CT molecular complexity index is 528. The van der Waals surface area contributed by atoms with Crippen LogP contribution in [0.2, 0.25) is 0 Å². The second-order valence-corrected chi connectivity index (χ2v) is 6.56. The van der Waals surface area contributed by atoms with Gasteiger partial charge in [0.15, 0.2) is 0 Å². The zero-order valence-electron chi connectivity index (χ0n) is 12.9. The molecular weight excluding hydrogens is 296 g/mol. The van der Waals surface area contributed by atoms with E-state index in [0.717, 1.165) is 5.69 Å². The van der Waals surface area contributed by atoms with Crippen LogP contribution in [0.4, 0.5) is 0 Å². The zero-order valence-corrected chi connectivity index (χ0v) is 13.7. The molecule has 4 nitrogen and oxygen atoms in total. The zero-order chi connectivity index (χ0) is 15.6. The Labute approximate surface area is 136 Å². The predicted molar refractivity (Wildman–Crippen MR) is 90.0 cm³/mol. The SMILES string of the molecule is Cc1ccc(OCC#CCNC(=O)CSC2CCCC2)cn1. The first kappa shape index (κ1) is 16.7. The van der Waals surface area contributed by atoms with Crippen molar-refractivity contribution in [2.75, 3.05) is 18.9 Å². The van der Waals surface area contributed by atoms with Crippen LogP contribution >= 0.6 is 11.8 Å². The van der Waals surface area contributed by atoms with Gasteiger partial charge in [0.05, 0.1) is 18.5 Å². The van der Waals surface area contributed by atoms with E-state index in [2.05, 4.69) is 22.1 Å². The molecule has 1 aliphatic carbocycles. The van der Waals surface area contributed by atoms with Gasteiger partial charge in [0.1, 0.15) is 12.4 Å². The van der Waals surface area contributed by atoms with Crippen molar-refractivity contribution >= 4 is 17.7 Å². The highest BCUT2D eigenvalue weighted by atomic mass is 32.2. The van der Waals surface area contributed by atoms with E-state index in [-0.39, 0.29) is 5.91 Å². The molecule has 2 rings (SSSR count).